The number of aromatic nitrogens is 2. The van der Waals surface area contributed by atoms with E-state index in [0.29, 0.717) is 17.9 Å². The van der Waals surface area contributed by atoms with Crippen LogP contribution in [0.3, 0.4) is 0 Å². The lowest BCUT2D eigenvalue weighted by Crippen LogP contribution is -2.39. The van der Waals surface area contributed by atoms with Crippen molar-refractivity contribution in [3.63, 3.8) is 0 Å². The van der Waals surface area contributed by atoms with Crippen LogP contribution in [0.25, 0.3) is 11.3 Å². The molecule has 0 atom stereocenters. The number of anilines is 1. The van der Waals surface area contributed by atoms with Crippen molar-refractivity contribution in [1.29, 1.82) is 0 Å². The Bertz CT molecular complexity index is 678. The molecule has 1 aromatic heterocycles. The summed E-state index contributed by atoms with van der Waals surface area (Å²) in [6, 6.07) is 7.31. The Hall–Kier alpha value is -2.47. The highest BCUT2D eigenvalue weighted by Gasteiger charge is 2.20. The second kappa shape index (κ2) is 7.40. The van der Waals surface area contributed by atoms with Gasteiger partial charge in [-0.2, -0.15) is 0 Å². The predicted molar refractivity (Wildman–Crippen MR) is 96.5 cm³/mol. The van der Waals surface area contributed by atoms with Crippen LogP contribution >= 0.6 is 0 Å². The molecule has 0 saturated carbocycles. The maximum atomic E-state index is 12.3. The van der Waals surface area contributed by atoms with Crippen LogP contribution in [0.2, 0.25) is 0 Å². The highest BCUT2D eigenvalue weighted by molar-refractivity contribution is 5.94. The highest BCUT2D eigenvalue weighted by Crippen LogP contribution is 2.18. The van der Waals surface area contributed by atoms with Crippen LogP contribution in [-0.2, 0) is 0 Å². The number of nitrogens with zero attached hydrogens (tertiary/aromatic N) is 3. The van der Waals surface area contributed by atoms with Gasteiger partial charge in [-0.05, 0) is 31.6 Å². The molecule has 0 aliphatic carbocycles. The summed E-state index contributed by atoms with van der Waals surface area (Å²) < 4.78 is 0. The highest BCUT2D eigenvalue weighted by atomic mass is 16.1. The van der Waals surface area contributed by atoms with Gasteiger partial charge in [0.05, 0.1) is 18.1 Å². The van der Waals surface area contributed by atoms with Crippen LogP contribution in [0.15, 0.2) is 36.7 Å². The maximum absolute atomic E-state index is 12.3. The van der Waals surface area contributed by atoms with E-state index in [4.69, 9.17) is 5.73 Å². The predicted octanol–water partition coefficient (Wildman–Crippen LogP) is 2.04. The fraction of sp³-hybridized carbons (Fsp3) is 0.389. The molecular weight excluding hydrogens is 302 g/mol. The lowest BCUT2D eigenvalue weighted by Gasteiger charge is -2.28. The van der Waals surface area contributed by atoms with E-state index in [2.05, 4.69) is 34.0 Å². The van der Waals surface area contributed by atoms with Crippen LogP contribution in [0.5, 0.6) is 0 Å². The Morgan fingerprint density at radius 2 is 1.83 bits per heavy atom. The number of amides is 1. The molecule has 0 saturated heterocycles. The van der Waals surface area contributed by atoms with Crippen LogP contribution in [0.1, 0.15) is 24.2 Å². The summed E-state index contributed by atoms with van der Waals surface area (Å²) in [5, 5.41) is 3.00. The Morgan fingerprint density at radius 1 is 1.17 bits per heavy atom. The molecule has 0 aliphatic rings. The molecule has 6 nitrogen and oxygen atoms in total. The average molecular weight is 327 g/mol. The van der Waals surface area contributed by atoms with Gasteiger partial charge in [-0.15, -0.1) is 0 Å². The molecule has 0 radical (unpaired) electrons. The van der Waals surface area contributed by atoms with Gasteiger partial charge < -0.3 is 16.0 Å². The fourth-order valence-corrected chi connectivity index (χ4v) is 2.61. The number of nitrogens with one attached hydrogen (secondary N) is 1. The number of nitrogens with two attached hydrogens (primary N) is 1. The number of rotatable bonds is 6. The number of hydrogen-bond donors (Lipinski definition) is 2. The van der Waals surface area contributed by atoms with E-state index in [9.17, 15) is 4.79 Å². The smallest absolute Gasteiger partial charge is 0.251 e. The third-order valence-electron chi connectivity index (χ3n) is 3.59. The SMILES string of the molecule is CN(C)CC(C)(C)CNC(=O)c1ccc(-c2cnc(N)cn2)cc1. The fourth-order valence-electron chi connectivity index (χ4n) is 2.61. The van der Waals surface area contributed by atoms with E-state index in [0.717, 1.165) is 17.8 Å². The minimum absolute atomic E-state index is 0.0126. The standard InChI is InChI=1S/C18H25N5O/c1-18(2,12-23(3)4)11-22-17(24)14-7-5-13(6-8-14)15-9-21-16(19)10-20-15/h5-10H,11-12H2,1-4H3,(H2,19,21)(H,22,24). The summed E-state index contributed by atoms with van der Waals surface area (Å²) in [5.74, 6) is 0.312. The molecule has 0 unspecified atom stereocenters. The molecule has 0 fully saturated rings. The normalized spacial score (nSPS) is 11.5. The number of hydrogen-bond acceptors (Lipinski definition) is 5. The molecule has 1 heterocycles. The molecule has 6 heteroatoms. The zero-order valence-corrected chi connectivity index (χ0v) is 14.7. The number of carbonyl (C=O) groups is 1. The summed E-state index contributed by atoms with van der Waals surface area (Å²) in [5.41, 5.74) is 7.80. The molecule has 24 heavy (non-hydrogen) atoms. The third-order valence-corrected chi connectivity index (χ3v) is 3.59. The summed E-state index contributed by atoms with van der Waals surface area (Å²) >= 11 is 0. The zero-order valence-electron chi connectivity index (χ0n) is 14.7. The van der Waals surface area contributed by atoms with Crippen LogP contribution in [0.4, 0.5) is 5.82 Å². The van der Waals surface area contributed by atoms with E-state index in [1.54, 1.807) is 18.3 Å². The quantitative estimate of drug-likeness (QED) is 0.848. The molecular formula is C18H25N5O. The lowest BCUT2D eigenvalue weighted by molar-refractivity contribution is 0.0929. The van der Waals surface area contributed by atoms with Gasteiger partial charge >= 0.3 is 0 Å². The van der Waals surface area contributed by atoms with Gasteiger partial charge in [0, 0.05) is 24.2 Å². The van der Waals surface area contributed by atoms with E-state index < -0.39 is 0 Å². The Labute approximate surface area is 143 Å². The van der Waals surface area contributed by atoms with Gasteiger partial charge in [-0.1, -0.05) is 26.0 Å². The van der Waals surface area contributed by atoms with Crippen molar-refractivity contribution < 1.29 is 4.79 Å². The molecule has 0 aliphatic heterocycles. The summed E-state index contributed by atoms with van der Waals surface area (Å²) in [4.78, 5) is 22.7. The van der Waals surface area contributed by atoms with Crippen molar-refractivity contribution in [1.82, 2.24) is 20.2 Å². The third kappa shape index (κ3) is 5.03. The molecule has 2 aromatic rings. The first-order valence-electron chi connectivity index (χ1n) is 7.88. The summed E-state index contributed by atoms with van der Waals surface area (Å²) in [7, 11) is 4.06. The van der Waals surface area contributed by atoms with E-state index >= 15 is 0 Å². The number of benzene rings is 1. The van der Waals surface area contributed by atoms with Crippen molar-refractivity contribution in [3.05, 3.63) is 42.2 Å². The molecule has 0 spiro atoms. The van der Waals surface area contributed by atoms with Gasteiger partial charge in [-0.3, -0.25) is 9.78 Å². The Morgan fingerprint density at radius 3 is 2.38 bits per heavy atom. The van der Waals surface area contributed by atoms with E-state index in [-0.39, 0.29) is 11.3 Å². The lowest BCUT2D eigenvalue weighted by atomic mass is 9.93. The monoisotopic (exact) mass is 327 g/mol. The first-order chi connectivity index (χ1) is 11.3. The van der Waals surface area contributed by atoms with Gasteiger partial charge in [0.2, 0.25) is 0 Å². The first kappa shape index (κ1) is 17.9. The van der Waals surface area contributed by atoms with Crippen LogP contribution < -0.4 is 11.1 Å². The number of carbonyl (C=O) groups excluding carboxylic acids is 1. The number of nitrogen functional groups attached to an aromatic ring is 1. The molecule has 1 aromatic carbocycles. The van der Waals surface area contributed by atoms with Gasteiger partial charge in [-0.25, -0.2) is 4.98 Å². The topological polar surface area (TPSA) is 84.1 Å². The second-order valence-corrected chi connectivity index (χ2v) is 6.99. The Kier molecular flexibility index (Phi) is 5.51. The maximum Gasteiger partial charge on any atom is 0.251 e. The molecule has 128 valence electrons. The zero-order chi connectivity index (χ0) is 17.7. The molecule has 0 bridgehead atoms. The van der Waals surface area contributed by atoms with Crippen LogP contribution in [-0.4, -0.2) is 48.0 Å². The van der Waals surface area contributed by atoms with Crippen molar-refractivity contribution in [2.75, 3.05) is 32.9 Å². The van der Waals surface area contributed by atoms with E-state index in [1.165, 1.54) is 6.20 Å². The molecule has 2 rings (SSSR count). The summed E-state index contributed by atoms with van der Waals surface area (Å²) in [6.45, 7) is 5.80. The van der Waals surface area contributed by atoms with E-state index in [1.807, 2.05) is 26.2 Å². The minimum atomic E-state index is -0.0724. The average Bonchev–Trinajstić information content (AvgIpc) is 2.52. The minimum Gasteiger partial charge on any atom is -0.382 e. The molecule has 3 N–H and O–H groups in total. The van der Waals surface area contributed by atoms with Crippen molar-refractivity contribution in [2.45, 2.75) is 13.8 Å². The second-order valence-electron chi connectivity index (χ2n) is 6.99. The molecule has 1 amide bonds. The van der Waals surface area contributed by atoms with Crippen molar-refractivity contribution in [3.8, 4) is 11.3 Å². The van der Waals surface area contributed by atoms with Gasteiger partial charge in [0.1, 0.15) is 5.82 Å². The van der Waals surface area contributed by atoms with Gasteiger partial charge in [0.15, 0.2) is 0 Å². The largest absolute Gasteiger partial charge is 0.382 e. The van der Waals surface area contributed by atoms with Crippen LogP contribution in [0, 0.1) is 5.41 Å². The van der Waals surface area contributed by atoms with Crippen molar-refractivity contribution in [2.24, 2.45) is 5.41 Å². The summed E-state index contributed by atoms with van der Waals surface area (Å²) in [6.07, 6.45) is 3.14. The van der Waals surface area contributed by atoms with Crippen molar-refractivity contribution >= 4 is 11.7 Å². The first-order valence-corrected chi connectivity index (χ1v) is 7.88. The Balaban J connectivity index is 2.00. The van der Waals surface area contributed by atoms with Gasteiger partial charge in [0.25, 0.3) is 5.91 Å².